The van der Waals surface area contributed by atoms with Gasteiger partial charge in [0.15, 0.2) is 0 Å². The summed E-state index contributed by atoms with van der Waals surface area (Å²) in [5.41, 5.74) is 2.73. The molecular weight excluding hydrogens is 244 g/mol. The van der Waals surface area contributed by atoms with Crippen molar-refractivity contribution in [2.45, 2.75) is 78.2 Å². The van der Waals surface area contributed by atoms with Crippen molar-refractivity contribution in [3.8, 4) is 0 Å². The molecule has 1 N–H and O–H groups in total. The molecule has 20 heavy (non-hydrogen) atoms. The van der Waals surface area contributed by atoms with Crippen molar-refractivity contribution in [3.63, 3.8) is 0 Å². The molecule has 2 heteroatoms. The molecule has 0 saturated heterocycles. The molecule has 1 atom stereocenters. The Morgan fingerprint density at radius 1 is 1.05 bits per heavy atom. The van der Waals surface area contributed by atoms with Crippen LogP contribution in [0.15, 0.2) is 18.5 Å². The fourth-order valence-corrected chi connectivity index (χ4v) is 2.79. The lowest BCUT2D eigenvalue weighted by Crippen LogP contribution is -2.21. The van der Waals surface area contributed by atoms with Gasteiger partial charge in [0.25, 0.3) is 0 Å². The maximum absolute atomic E-state index is 4.20. The summed E-state index contributed by atoms with van der Waals surface area (Å²) < 4.78 is 0. The lowest BCUT2D eigenvalue weighted by molar-refractivity contribution is 0.474. The Morgan fingerprint density at radius 3 is 2.40 bits per heavy atom. The molecule has 1 heterocycles. The summed E-state index contributed by atoms with van der Waals surface area (Å²) in [5, 5.41) is 3.62. The first-order chi connectivity index (χ1) is 9.79. The molecule has 0 amide bonds. The van der Waals surface area contributed by atoms with E-state index in [-0.39, 0.29) is 0 Å². The topological polar surface area (TPSA) is 24.9 Å². The van der Waals surface area contributed by atoms with E-state index < -0.39 is 0 Å². The number of rotatable bonds is 11. The Hall–Kier alpha value is -0.890. The number of hydrogen-bond donors (Lipinski definition) is 1. The van der Waals surface area contributed by atoms with Crippen LogP contribution in [0.5, 0.6) is 0 Å². The van der Waals surface area contributed by atoms with Crippen LogP contribution in [0.4, 0.5) is 0 Å². The van der Waals surface area contributed by atoms with Crippen LogP contribution in [-0.2, 0) is 0 Å². The van der Waals surface area contributed by atoms with E-state index in [1.807, 2.05) is 12.4 Å². The molecule has 0 spiro atoms. The molecule has 0 radical (unpaired) electrons. The van der Waals surface area contributed by atoms with E-state index in [0.29, 0.717) is 6.04 Å². The second-order valence-corrected chi connectivity index (χ2v) is 5.75. The van der Waals surface area contributed by atoms with Crippen molar-refractivity contribution in [3.05, 3.63) is 29.6 Å². The number of pyridine rings is 1. The lowest BCUT2D eigenvalue weighted by atomic mass is 9.97. The summed E-state index contributed by atoms with van der Waals surface area (Å²) in [6, 6.07) is 2.67. The maximum Gasteiger partial charge on any atom is 0.0323 e. The number of hydrogen-bond acceptors (Lipinski definition) is 2. The molecule has 0 aromatic carbocycles. The van der Waals surface area contributed by atoms with Crippen molar-refractivity contribution in [1.29, 1.82) is 0 Å². The Balaban J connectivity index is 2.31. The number of aryl methyl sites for hydroxylation is 1. The van der Waals surface area contributed by atoms with Gasteiger partial charge in [0.1, 0.15) is 0 Å². The Labute approximate surface area is 125 Å². The predicted molar refractivity (Wildman–Crippen MR) is 88.0 cm³/mol. The predicted octanol–water partition coefficient (Wildman–Crippen LogP) is 5.18. The standard InChI is InChI=1S/C18H32N2/c1-4-6-7-8-9-10-11-12-18(20-5-2)17-13-14-19-15-16(17)3/h13-15,18,20H,4-12H2,1-3H3. The Morgan fingerprint density at radius 2 is 1.75 bits per heavy atom. The molecular formula is C18H32N2. The van der Waals surface area contributed by atoms with Gasteiger partial charge in [-0.3, -0.25) is 4.98 Å². The highest BCUT2D eigenvalue weighted by Crippen LogP contribution is 2.22. The second kappa shape index (κ2) is 10.8. The van der Waals surface area contributed by atoms with Crippen molar-refractivity contribution >= 4 is 0 Å². The first-order valence-electron chi connectivity index (χ1n) is 8.43. The molecule has 1 rings (SSSR count). The zero-order valence-electron chi connectivity index (χ0n) is 13.6. The SMILES string of the molecule is CCCCCCCCCC(NCC)c1ccncc1C. The fourth-order valence-electron chi connectivity index (χ4n) is 2.79. The third-order valence-electron chi connectivity index (χ3n) is 3.99. The van der Waals surface area contributed by atoms with Gasteiger partial charge in [-0.1, -0.05) is 58.8 Å². The number of unbranched alkanes of at least 4 members (excludes halogenated alkanes) is 6. The highest BCUT2D eigenvalue weighted by Gasteiger charge is 2.11. The average molecular weight is 276 g/mol. The van der Waals surface area contributed by atoms with Crippen LogP contribution in [0, 0.1) is 6.92 Å². The van der Waals surface area contributed by atoms with Crippen LogP contribution >= 0.6 is 0 Å². The van der Waals surface area contributed by atoms with Crippen LogP contribution in [0.3, 0.4) is 0 Å². The molecule has 0 aliphatic carbocycles. The van der Waals surface area contributed by atoms with Gasteiger partial charge in [-0.05, 0) is 37.1 Å². The Kier molecular flexibility index (Phi) is 9.31. The minimum absolute atomic E-state index is 0.499. The van der Waals surface area contributed by atoms with E-state index in [2.05, 4.69) is 37.1 Å². The van der Waals surface area contributed by atoms with Crippen LogP contribution in [0.2, 0.25) is 0 Å². The highest BCUT2D eigenvalue weighted by atomic mass is 14.9. The van der Waals surface area contributed by atoms with Gasteiger partial charge >= 0.3 is 0 Å². The summed E-state index contributed by atoms with van der Waals surface area (Å²) >= 11 is 0. The van der Waals surface area contributed by atoms with Crippen LogP contribution in [-0.4, -0.2) is 11.5 Å². The fraction of sp³-hybridized carbons (Fsp3) is 0.722. The molecule has 0 aliphatic heterocycles. The molecule has 114 valence electrons. The normalized spacial score (nSPS) is 12.6. The molecule has 1 unspecified atom stereocenters. The van der Waals surface area contributed by atoms with Crippen molar-refractivity contribution < 1.29 is 0 Å². The first kappa shape index (κ1) is 17.2. The molecule has 0 aliphatic rings. The lowest BCUT2D eigenvalue weighted by Gasteiger charge is -2.20. The van der Waals surface area contributed by atoms with E-state index in [4.69, 9.17) is 0 Å². The quantitative estimate of drug-likeness (QED) is 0.563. The van der Waals surface area contributed by atoms with E-state index in [1.54, 1.807) is 0 Å². The van der Waals surface area contributed by atoms with Crippen molar-refractivity contribution in [1.82, 2.24) is 10.3 Å². The van der Waals surface area contributed by atoms with Crippen molar-refractivity contribution in [2.24, 2.45) is 0 Å². The first-order valence-corrected chi connectivity index (χ1v) is 8.43. The molecule has 0 fully saturated rings. The minimum Gasteiger partial charge on any atom is -0.310 e. The zero-order valence-corrected chi connectivity index (χ0v) is 13.6. The van der Waals surface area contributed by atoms with E-state index in [0.717, 1.165) is 6.54 Å². The van der Waals surface area contributed by atoms with Gasteiger partial charge in [-0.25, -0.2) is 0 Å². The molecule has 0 saturated carbocycles. The summed E-state index contributed by atoms with van der Waals surface area (Å²) in [4.78, 5) is 4.20. The van der Waals surface area contributed by atoms with Gasteiger partial charge in [0.05, 0.1) is 0 Å². The van der Waals surface area contributed by atoms with Crippen molar-refractivity contribution in [2.75, 3.05) is 6.54 Å². The monoisotopic (exact) mass is 276 g/mol. The average Bonchev–Trinajstić information content (AvgIpc) is 2.46. The minimum atomic E-state index is 0.499. The summed E-state index contributed by atoms with van der Waals surface area (Å²) in [7, 11) is 0. The third-order valence-corrected chi connectivity index (χ3v) is 3.99. The summed E-state index contributed by atoms with van der Waals surface area (Å²) in [6.45, 7) is 7.66. The van der Waals surface area contributed by atoms with Gasteiger partial charge in [-0.15, -0.1) is 0 Å². The van der Waals surface area contributed by atoms with Gasteiger partial charge in [0.2, 0.25) is 0 Å². The van der Waals surface area contributed by atoms with E-state index in [1.165, 1.54) is 62.5 Å². The number of aromatic nitrogens is 1. The Bertz CT molecular complexity index is 349. The third kappa shape index (κ3) is 6.51. The number of nitrogens with zero attached hydrogens (tertiary/aromatic N) is 1. The van der Waals surface area contributed by atoms with Gasteiger partial charge in [-0.2, -0.15) is 0 Å². The van der Waals surface area contributed by atoms with E-state index in [9.17, 15) is 0 Å². The van der Waals surface area contributed by atoms with E-state index >= 15 is 0 Å². The summed E-state index contributed by atoms with van der Waals surface area (Å²) in [6.07, 6.45) is 14.8. The highest BCUT2D eigenvalue weighted by molar-refractivity contribution is 5.25. The van der Waals surface area contributed by atoms with Crippen LogP contribution < -0.4 is 5.32 Å². The second-order valence-electron chi connectivity index (χ2n) is 5.75. The number of nitrogens with one attached hydrogen (secondary N) is 1. The molecule has 0 bridgehead atoms. The molecule has 1 aromatic heterocycles. The molecule has 2 nitrogen and oxygen atoms in total. The largest absolute Gasteiger partial charge is 0.310 e. The summed E-state index contributed by atoms with van der Waals surface area (Å²) in [5.74, 6) is 0. The van der Waals surface area contributed by atoms with Gasteiger partial charge in [0, 0.05) is 18.4 Å². The van der Waals surface area contributed by atoms with Gasteiger partial charge < -0.3 is 5.32 Å². The van der Waals surface area contributed by atoms with Crippen LogP contribution in [0.1, 0.15) is 82.4 Å². The molecule has 1 aromatic rings. The smallest absolute Gasteiger partial charge is 0.0323 e. The van der Waals surface area contributed by atoms with Crippen LogP contribution in [0.25, 0.3) is 0 Å². The maximum atomic E-state index is 4.20. The zero-order chi connectivity index (χ0) is 14.6.